The second-order valence-electron chi connectivity index (χ2n) is 2.98. The first-order valence-corrected chi connectivity index (χ1v) is 4.72. The monoisotopic (exact) mass is 196 g/mol. The highest BCUT2D eigenvalue weighted by molar-refractivity contribution is 5.57. The Morgan fingerprint density at radius 3 is 2.64 bits per heavy atom. The zero-order chi connectivity index (χ0) is 10.4. The Bertz CT molecular complexity index is 273. The van der Waals surface area contributed by atoms with Gasteiger partial charge in [-0.15, -0.1) is 0 Å². The van der Waals surface area contributed by atoms with Crippen molar-refractivity contribution in [1.29, 1.82) is 0 Å². The van der Waals surface area contributed by atoms with Crippen LogP contribution in [0.5, 0.6) is 0 Å². The molecule has 0 spiro atoms. The molecule has 5 heteroatoms. The molecule has 0 saturated carbocycles. The molecule has 1 heterocycles. The fourth-order valence-corrected chi connectivity index (χ4v) is 1.30. The SMILES string of the molecule is CCCN(CCO)c1nccnc1N. The lowest BCUT2D eigenvalue weighted by molar-refractivity contribution is 0.301. The van der Waals surface area contributed by atoms with Gasteiger partial charge in [0, 0.05) is 25.5 Å². The first kappa shape index (κ1) is 10.7. The summed E-state index contributed by atoms with van der Waals surface area (Å²) in [6, 6.07) is 0. The van der Waals surface area contributed by atoms with Crippen LogP contribution in [0, 0.1) is 0 Å². The molecule has 3 N–H and O–H groups in total. The second-order valence-corrected chi connectivity index (χ2v) is 2.98. The largest absolute Gasteiger partial charge is 0.395 e. The number of rotatable bonds is 5. The van der Waals surface area contributed by atoms with E-state index in [0.29, 0.717) is 18.2 Å². The summed E-state index contributed by atoms with van der Waals surface area (Å²) in [5.41, 5.74) is 5.69. The van der Waals surface area contributed by atoms with E-state index >= 15 is 0 Å². The summed E-state index contributed by atoms with van der Waals surface area (Å²) in [5.74, 6) is 1.07. The highest BCUT2D eigenvalue weighted by Crippen LogP contribution is 2.16. The molecule has 1 rings (SSSR count). The third-order valence-corrected chi connectivity index (χ3v) is 1.87. The maximum Gasteiger partial charge on any atom is 0.171 e. The van der Waals surface area contributed by atoms with Crippen LogP contribution in [0.4, 0.5) is 11.6 Å². The van der Waals surface area contributed by atoms with Gasteiger partial charge < -0.3 is 15.7 Å². The lowest BCUT2D eigenvalue weighted by Crippen LogP contribution is -2.29. The van der Waals surface area contributed by atoms with Gasteiger partial charge in [0.1, 0.15) is 0 Å². The molecule has 0 atom stereocenters. The first-order chi connectivity index (χ1) is 6.79. The summed E-state index contributed by atoms with van der Waals surface area (Å²) in [4.78, 5) is 10.0. The Labute approximate surface area is 83.6 Å². The number of aliphatic hydroxyl groups excluding tert-OH is 1. The highest BCUT2D eigenvalue weighted by atomic mass is 16.3. The van der Waals surface area contributed by atoms with Gasteiger partial charge in [-0.25, -0.2) is 9.97 Å². The summed E-state index contributed by atoms with van der Waals surface area (Å²) in [6.45, 7) is 3.52. The molecule has 1 aromatic rings. The Balaban J connectivity index is 2.81. The van der Waals surface area contributed by atoms with Crippen LogP contribution < -0.4 is 10.6 Å². The van der Waals surface area contributed by atoms with Gasteiger partial charge in [0.05, 0.1) is 6.61 Å². The maximum absolute atomic E-state index is 8.88. The lowest BCUT2D eigenvalue weighted by Gasteiger charge is -2.22. The zero-order valence-electron chi connectivity index (χ0n) is 8.35. The maximum atomic E-state index is 8.88. The van der Waals surface area contributed by atoms with Gasteiger partial charge in [-0.3, -0.25) is 0 Å². The van der Waals surface area contributed by atoms with E-state index in [0.717, 1.165) is 13.0 Å². The smallest absolute Gasteiger partial charge is 0.171 e. The van der Waals surface area contributed by atoms with E-state index in [1.54, 1.807) is 12.4 Å². The average Bonchev–Trinajstić information content (AvgIpc) is 2.18. The molecule has 0 aliphatic carbocycles. The van der Waals surface area contributed by atoms with Crippen LogP contribution in [0.2, 0.25) is 0 Å². The van der Waals surface area contributed by atoms with Gasteiger partial charge in [0.15, 0.2) is 11.6 Å². The summed E-state index contributed by atoms with van der Waals surface area (Å²) >= 11 is 0. The fourth-order valence-electron chi connectivity index (χ4n) is 1.30. The Morgan fingerprint density at radius 1 is 1.36 bits per heavy atom. The van der Waals surface area contributed by atoms with Gasteiger partial charge in [-0.2, -0.15) is 0 Å². The van der Waals surface area contributed by atoms with Gasteiger partial charge in [0.25, 0.3) is 0 Å². The number of nitrogen functional groups attached to an aromatic ring is 1. The van der Waals surface area contributed by atoms with Crippen LogP contribution >= 0.6 is 0 Å². The van der Waals surface area contributed by atoms with E-state index in [1.807, 2.05) is 4.90 Å². The number of aromatic nitrogens is 2. The van der Waals surface area contributed by atoms with Crippen molar-refractivity contribution in [3.63, 3.8) is 0 Å². The van der Waals surface area contributed by atoms with Crippen molar-refractivity contribution in [2.45, 2.75) is 13.3 Å². The van der Waals surface area contributed by atoms with E-state index < -0.39 is 0 Å². The standard InChI is InChI=1S/C9H16N4O/c1-2-5-13(6-7-14)9-8(10)11-3-4-12-9/h3-4,14H,2,5-7H2,1H3,(H2,10,11). The van der Waals surface area contributed by atoms with Crippen molar-refractivity contribution in [3.8, 4) is 0 Å². The molecule has 5 nitrogen and oxygen atoms in total. The molecule has 0 aliphatic heterocycles. The third-order valence-electron chi connectivity index (χ3n) is 1.87. The van der Waals surface area contributed by atoms with Crippen LogP contribution in [0.3, 0.4) is 0 Å². The van der Waals surface area contributed by atoms with Crippen molar-refractivity contribution in [2.75, 3.05) is 30.3 Å². The van der Waals surface area contributed by atoms with E-state index in [-0.39, 0.29) is 6.61 Å². The molecule has 1 aromatic heterocycles. The minimum Gasteiger partial charge on any atom is -0.395 e. The van der Waals surface area contributed by atoms with E-state index in [1.165, 1.54) is 0 Å². The van der Waals surface area contributed by atoms with Crippen molar-refractivity contribution in [1.82, 2.24) is 9.97 Å². The van der Waals surface area contributed by atoms with E-state index in [2.05, 4.69) is 16.9 Å². The number of aliphatic hydroxyl groups is 1. The van der Waals surface area contributed by atoms with Crippen molar-refractivity contribution >= 4 is 11.6 Å². The Morgan fingerprint density at radius 2 is 2.07 bits per heavy atom. The Kier molecular flexibility index (Phi) is 4.12. The molecule has 0 fully saturated rings. The molecule has 0 aromatic carbocycles. The first-order valence-electron chi connectivity index (χ1n) is 4.72. The van der Waals surface area contributed by atoms with Gasteiger partial charge in [-0.05, 0) is 6.42 Å². The van der Waals surface area contributed by atoms with Crippen LogP contribution in [0.15, 0.2) is 12.4 Å². The quantitative estimate of drug-likeness (QED) is 0.707. The Hall–Kier alpha value is -1.36. The summed E-state index contributed by atoms with van der Waals surface area (Å²) in [5, 5.41) is 8.88. The van der Waals surface area contributed by atoms with Crippen LogP contribution in [0.1, 0.15) is 13.3 Å². The normalized spacial score (nSPS) is 10.1. The molecule has 0 bridgehead atoms. The molecule has 0 radical (unpaired) electrons. The molecule has 0 saturated heterocycles. The zero-order valence-corrected chi connectivity index (χ0v) is 8.35. The predicted molar refractivity (Wildman–Crippen MR) is 56.0 cm³/mol. The molecular formula is C9H16N4O. The van der Waals surface area contributed by atoms with Gasteiger partial charge in [-0.1, -0.05) is 6.92 Å². The molecule has 78 valence electrons. The third kappa shape index (κ3) is 2.56. The molecule has 0 aliphatic rings. The lowest BCUT2D eigenvalue weighted by atomic mass is 10.4. The summed E-state index contributed by atoms with van der Waals surface area (Å²) in [7, 11) is 0. The number of hydrogen-bond acceptors (Lipinski definition) is 5. The van der Waals surface area contributed by atoms with Crippen LogP contribution in [-0.2, 0) is 0 Å². The average molecular weight is 196 g/mol. The molecule has 0 amide bonds. The van der Waals surface area contributed by atoms with Crippen LogP contribution in [-0.4, -0.2) is 34.8 Å². The highest BCUT2D eigenvalue weighted by Gasteiger charge is 2.09. The van der Waals surface area contributed by atoms with Crippen molar-refractivity contribution < 1.29 is 5.11 Å². The van der Waals surface area contributed by atoms with Crippen molar-refractivity contribution in [3.05, 3.63) is 12.4 Å². The molecular weight excluding hydrogens is 180 g/mol. The van der Waals surface area contributed by atoms with E-state index in [9.17, 15) is 0 Å². The minimum absolute atomic E-state index is 0.0933. The number of nitrogens with two attached hydrogens (primary N) is 1. The number of hydrogen-bond donors (Lipinski definition) is 2. The number of nitrogens with zero attached hydrogens (tertiary/aromatic N) is 3. The second kappa shape index (κ2) is 5.39. The number of anilines is 2. The molecule has 0 unspecified atom stereocenters. The topological polar surface area (TPSA) is 75.3 Å². The predicted octanol–water partition coefficient (Wildman–Crippen LogP) is 0.268. The summed E-state index contributed by atoms with van der Waals surface area (Å²) in [6.07, 6.45) is 4.14. The van der Waals surface area contributed by atoms with Gasteiger partial charge in [0.2, 0.25) is 0 Å². The van der Waals surface area contributed by atoms with Crippen LogP contribution in [0.25, 0.3) is 0 Å². The molecule has 14 heavy (non-hydrogen) atoms. The fraction of sp³-hybridized carbons (Fsp3) is 0.556. The van der Waals surface area contributed by atoms with E-state index in [4.69, 9.17) is 10.8 Å². The van der Waals surface area contributed by atoms with Crippen molar-refractivity contribution in [2.24, 2.45) is 0 Å². The van der Waals surface area contributed by atoms with Gasteiger partial charge >= 0.3 is 0 Å². The minimum atomic E-state index is 0.0933. The summed E-state index contributed by atoms with van der Waals surface area (Å²) < 4.78 is 0.